The molecule has 1 heterocycles. The van der Waals surface area contributed by atoms with E-state index in [1.807, 2.05) is 0 Å². The van der Waals surface area contributed by atoms with Gasteiger partial charge in [0.1, 0.15) is 0 Å². The summed E-state index contributed by atoms with van der Waals surface area (Å²) in [5.74, 6) is -3.39. The summed E-state index contributed by atoms with van der Waals surface area (Å²) < 4.78 is 26.6. The second-order valence-electron chi connectivity index (χ2n) is 4.45. The molecule has 0 bridgehead atoms. The molecule has 4 nitrogen and oxygen atoms in total. The summed E-state index contributed by atoms with van der Waals surface area (Å²) >= 11 is 6.07. The molecule has 0 atom stereocenters. The number of rotatable bonds is 3. The van der Waals surface area contributed by atoms with E-state index < -0.39 is 23.2 Å². The van der Waals surface area contributed by atoms with E-state index in [2.05, 4.69) is 10.3 Å². The molecule has 7 heteroatoms. The number of pyridine rings is 1. The highest BCUT2D eigenvalue weighted by Crippen LogP contribution is 2.32. The second-order valence-corrected chi connectivity index (χ2v) is 4.86. The highest BCUT2D eigenvalue weighted by Gasteiger charge is 2.18. The minimum atomic E-state index is -1.32. The molecule has 1 N–H and O–H groups in total. The Hall–Kier alpha value is -2.21. The van der Waals surface area contributed by atoms with E-state index in [0.29, 0.717) is 16.4 Å². The lowest BCUT2D eigenvalue weighted by Crippen LogP contribution is -2.18. The van der Waals surface area contributed by atoms with Crippen molar-refractivity contribution in [3.8, 4) is 0 Å². The molecule has 0 unspecified atom stereocenters. The van der Waals surface area contributed by atoms with Gasteiger partial charge in [0.15, 0.2) is 5.82 Å². The van der Waals surface area contributed by atoms with Gasteiger partial charge in [0.2, 0.25) is 5.95 Å². The van der Waals surface area contributed by atoms with Crippen LogP contribution in [0, 0.1) is 11.8 Å². The number of para-hydroxylation sites is 1. The number of aromatic nitrogens is 1. The van der Waals surface area contributed by atoms with Crippen LogP contribution >= 0.6 is 11.6 Å². The Bertz CT molecular complexity index is 692. The van der Waals surface area contributed by atoms with Crippen LogP contribution in [0.3, 0.4) is 0 Å². The Labute approximate surface area is 125 Å². The van der Waals surface area contributed by atoms with Crippen molar-refractivity contribution in [2.75, 3.05) is 24.3 Å². The van der Waals surface area contributed by atoms with Crippen molar-refractivity contribution in [1.82, 2.24) is 4.98 Å². The van der Waals surface area contributed by atoms with Crippen LogP contribution in [0.5, 0.6) is 0 Å². The molecule has 0 radical (unpaired) electrons. The molecule has 0 aliphatic heterocycles. The third kappa shape index (κ3) is 3.11. The fourth-order valence-electron chi connectivity index (χ4n) is 1.85. The van der Waals surface area contributed by atoms with Gasteiger partial charge in [-0.3, -0.25) is 4.79 Å². The van der Waals surface area contributed by atoms with Crippen molar-refractivity contribution in [2.24, 2.45) is 0 Å². The van der Waals surface area contributed by atoms with E-state index in [1.165, 1.54) is 0 Å². The van der Waals surface area contributed by atoms with Crippen LogP contribution in [0.2, 0.25) is 5.02 Å². The topological polar surface area (TPSA) is 45.2 Å². The Kier molecular flexibility index (Phi) is 4.37. The van der Waals surface area contributed by atoms with E-state index in [0.717, 1.165) is 12.3 Å². The maximum atomic E-state index is 13.6. The Morgan fingerprint density at radius 3 is 2.67 bits per heavy atom. The molecule has 21 heavy (non-hydrogen) atoms. The van der Waals surface area contributed by atoms with Crippen molar-refractivity contribution >= 4 is 28.9 Å². The van der Waals surface area contributed by atoms with Gasteiger partial charge in [-0.15, -0.1) is 0 Å². The zero-order valence-corrected chi connectivity index (χ0v) is 12.1. The van der Waals surface area contributed by atoms with E-state index in [-0.39, 0.29) is 0 Å². The number of anilines is 2. The summed E-state index contributed by atoms with van der Waals surface area (Å²) in [4.78, 5) is 16.9. The first kappa shape index (κ1) is 15.2. The summed E-state index contributed by atoms with van der Waals surface area (Å²) in [6.45, 7) is 0. The predicted molar refractivity (Wildman–Crippen MR) is 77.9 cm³/mol. The molecule has 110 valence electrons. The second kappa shape index (κ2) is 6.05. The highest BCUT2D eigenvalue weighted by molar-refractivity contribution is 6.34. The summed E-state index contributed by atoms with van der Waals surface area (Å²) in [5, 5.41) is 2.95. The van der Waals surface area contributed by atoms with Gasteiger partial charge in [-0.1, -0.05) is 17.7 Å². The molecule has 1 amide bonds. The molecule has 0 saturated carbocycles. The zero-order chi connectivity index (χ0) is 15.6. The van der Waals surface area contributed by atoms with Crippen LogP contribution in [0.15, 0.2) is 30.5 Å². The van der Waals surface area contributed by atoms with Crippen LogP contribution < -0.4 is 10.2 Å². The lowest BCUT2D eigenvalue weighted by molar-refractivity contribution is 0.102. The number of hydrogen-bond acceptors (Lipinski definition) is 3. The van der Waals surface area contributed by atoms with Gasteiger partial charge in [-0.05, 0) is 18.2 Å². The molecule has 2 aromatic rings. The van der Waals surface area contributed by atoms with Crippen LogP contribution in [-0.2, 0) is 0 Å². The van der Waals surface area contributed by atoms with Gasteiger partial charge in [0.05, 0.1) is 22.0 Å². The predicted octanol–water partition coefficient (Wildman–Crippen LogP) is 3.33. The van der Waals surface area contributed by atoms with E-state index >= 15 is 0 Å². The highest BCUT2D eigenvalue weighted by atomic mass is 35.5. The lowest BCUT2D eigenvalue weighted by Gasteiger charge is -2.19. The average Bonchev–Trinajstić information content (AvgIpc) is 2.41. The van der Waals surface area contributed by atoms with E-state index in [1.54, 1.807) is 37.2 Å². The molecule has 0 fully saturated rings. The molecular formula is C14H12ClF2N3O. The molecule has 0 spiro atoms. The lowest BCUT2D eigenvalue weighted by atomic mass is 10.2. The first-order valence-electron chi connectivity index (χ1n) is 5.99. The standard InChI is InChI=1S/C14H12ClF2N3O/c1-20(2)12-9(15)4-3-5-10(12)19-14(21)8-6-7-18-13(17)11(8)16/h3-7H,1-2H3,(H,19,21). The quantitative estimate of drug-likeness (QED) is 0.884. The summed E-state index contributed by atoms with van der Waals surface area (Å²) in [6, 6.07) is 6.04. The minimum absolute atomic E-state index is 0.397. The smallest absolute Gasteiger partial charge is 0.258 e. The SMILES string of the molecule is CN(C)c1c(Cl)cccc1NC(=O)c1ccnc(F)c1F. The number of hydrogen-bond donors (Lipinski definition) is 1. The third-order valence-electron chi connectivity index (χ3n) is 2.77. The zero-order valence-electron chi connectivity index (χ0n) is 11.3. The summed E-state index contributed by atoms with van der Waals surface area (Å²) in [5.41, 5.74) is 0.545. The third-order valence-corrected chi connectivity index (χ3v) is 3.08. The number of nitrogens with one attached hydrogen (secondary N) is 1. The molecule has 2 rings (SSSR count). The average molecular weight is 312 g/mol. The van der Waals surface area contributed by atoms with Gasteiger partial charge in [0, 0.05) is 20.3 Å². The number of carbonyl (C=O) groups is 1. The van der Waals surface area contributed by atoms with Gasteiger partial charge < -0.3 is 10.2 Å². The van der Waals surface area contributed by atoms with Crippen molar-refractivity contribution in [2.45, 2.75) is 0 Å². The van der Waals surface area contributed by atoms with E-state index in [4.69, 9.17) is 11.6 Å². The Morgan fingerprint density at radius 1 is 1.29 bits per heavy atom. The Balaban J connectivity index is 2.37. The summed E-state index contributed by atoms with van der Waals surface area (Å²) in [7, 11) is 3.51. The molecule has 1 aromatic carbocycles. The number of carbonyl (C=O) groups excluding carboxylic acids is 1. The number of nitrogens with zero attached hydrogens (tertiary/aromatic N) is 2. The monoisotopic (exact) mass is 311 g/mol. The fourth-order valence-corrected chi connectivity index (χ4v) is 2.20. The van der Waals surface area contributed by atoms with Gasteiger partial charge in [0.25, 0.3) is 5.91 Å². The van der Waals surface area contributed by atoms with Crippen LogP contribution in [0.4, 0.5) is 20.2 Å². The van der Waals surface area contributed by atoms with Gasteiger partial charge >= 0.3 is 0 Å². The number of halogens is 3. The molecule has 1 aromatic heterocycles. The first-order valence-corrected chi connectivity index (χ1v) is 6.36. The van der Waals surface area contributed by atoms with Crippen molar-refractivity contribution < 1.29 is 13.6 Å². The number of amides is 1. The molecule has 0 saturated heterocycles. The van der Waals surface area contributed by atoms with Crippen LogP contribution in [-0.4, -0.2) is 25.0 Å². The van der Waals surface area contributed by atoms with Crippen LogP contribution in [0.1, 0.15) is 10.4 Å². The Morgan fingerprint density at radius 2 is 2.00 bits per heavy atom. The largest absolute Gasteiger partial charge is 0.375 e. The van der Waals surface area contributed by atoms with Crippen molar-refractivity contribution in [3.63, 3.8) is 0 Å². The van der Waals surface area contributed by atoms with Gasteiger partial charge in [-0.2, -0.15) is 4.39 Å². The maximum Gasteiger partial charge on any atom is 0.258 e. The molecular weight excluding hydrogens is 300 g/mol. The van der Waals surface area contributed by atoms with Crippen LogP contribution in [0.25, 0.3) is 0 Å². The fraction of sp³-hybridized carbons (Fsp3) is 0.143. The molecule has 0 aliphatic rings. The van der Waals surface area contributed by atoms with Crippen molar-refractivity contribution in [1.29, 1.82) is 0 Å². The van der Waals surface area contributed by atoms with E-state index in [9.17, 15) is 13.6 Å². The first-order chi connectivity index (χ1) is 9.91. The number of benzene rings is 1. The normalized spacial score (nSPS) is 10.3. The summed E-state index contributed by atoms with van der Waals surface area (Å²) in [6.07, 6.45) is 1.03. The maximum absolute atomic E-state index is 13.6. The van der Waals surface area contributed by atoms with Gasteiger partial charge in [-0.25, -0.2) is 9.37 Å². The minimum Gasteiger partial charge on any atom is -0.375 e. The van der Waals surface area contributed by atoms with Crippen molar-refractivity contribution in [3.05, 3.63) is 52.8 Å². The molecule has 0 aliphatic carbocycles.